The number of Topliss-reactive ketones (excluding diaryl/α,β-unsaturated/α-hetero) is 1. The SMILES string of the molecule is COCCOC(=O)C1C(C)=NC2=C(C(=O)CC(C)(C)C2)[C@@H]1c1ccc2c(c1)OCO2. The molecule has 0 spiro atoms. The van der Waals surface area contributed by atoms with Gasteiger partial charge in [-0.3, -0.25) is 14.6 Å². The van der Waals surface area contributed by atoms with E-state index in [0.29, 0.717) is 42.2 Å². The van der Waals surface area contributed by atoms with Crippen molar-refractivity contribution >= 4 is 17.5 Å². The Labute approximate surface area is 176 Å². The molecule has 3 aliphatic rings. The fourth-order valence-electron chi connectivity index (χ4n) is 4.53. The van der Waals surface area contributed by atoms with Crippen molar-refractivity contribution in [2.45, 2.75) is 39.5 Å². The van der Waals surface area contributed by atoms with E-state index in [1.807, 2.05) is 25.1 Å². The monoisotopic (exact) mass is 413 g/mol. The summed E-state index contributed by atoms with van der Waals surface area (Å²) in [7, 11) is 1.55. The molecule has 1 aliphatic carbocycles. The molecule has 160 valence electrons. The van der Waals surface area contributed by atoms with E-state index in [0.717, 1.165) is 11.3 Å². The van der Waals surface area contributed by atoms with Crippen molar-refractivity contribution in [2.24, 2.45) is 16.3 Å². The molecule has 4 rings (SSSR count). The van der Waals surface area contributed by atoms with Crippen molar-refractivity contribution in [3.63, 3.8) is 0 Å². The van der Waals surface area contributed by atoms with Gasteiger partial charge in [-0.25, -0.2) is 0 Å². The van der Waals surface area contributed by atoms with Gasteiger partial charge in [0.1, 0.15) is 12.5 Å². The molecule has 0 saturated heterocycles. The van der Waals surface area contributed by atoms with E-state index in [-0.39, 0.29) is 24.6 Å². The van der Waals surface area contributed by atoms with Crippen LogP contribution in [-0.2, 0) is 19.1 Å². The Balaban J connectivity index is 1.79. The quantitative estimate of drug-likeness (QED) is 0.543. The molecule has 0 amide bonds. The third-order valence-corrected chi connectivity index (χ3v) is 5.84. The van der Waals surface area contributed by atoms with Gasteiger partial charge in [0.15, 0.2) is 17.3 Å². The Morgan fingerprint density at radius 1 is 1.20 bits per heavy atom. The molecule has 0 N–H and O–H groups in total. The van der Waals surface area contributed by atoms with Gasteiger partial charge in [-0.15, -0.1) is 0 Å². The van der Waals surface area contributed by atoms with Crippen LogP contribution in [0.3, 0.4) is 0 Å². The molecule has 1 unspecified atom stereocenters. The fraction of sp³-hybridized carbons (Fsp3) is 0.522. The van der Waals surface area contributed by atoms with Crippen molar-refractivity contribution in [1.29, 1.82) is 0 Å². The number of carbonyl (C=O) groups excluding carboxylic acids is 2. The molecule has 2 heterocycles. The Kier molecular flexibility index (Phi) is 5.40. The van der Waals surface area contributed by atoms with Crippen LogP contribution in [0.1, 0.15) is 45.1 Å². The molecule has 0 fully saturated rings. The summed E-state index contributed by atoms with van der Waals surface area (Å²) < 4.78 is 21.4. The Morgan fingerprint density at radius 3 is 2.73 bits per heavy atom. The highest BCUT2D eigenvalue weighted by Gasteiger charge is 2.46. The molecule has 0 bridgehead atoms. The summed E-state index contributed by atoms with van der Waals surface area (Å²) in [4.78, 5) is 31.0. The lowest BCUT2D eigenvalue weighted by atomic mass is 9.67. The zero-order valence-electron chi connectivity index (χ0n) is 17.8. The second-order valence-electron chi connectivity index (χ2n) is 8.78. The van der Waals surface area contributed by atoms with Crippen LogP contribution < -0.4 is 9.47 Å². The lowest BCUT2D eigenvalue weighted by Crippen LogP contribution is -2.39. The molecule has 0 aromatic heterocycles. The third kappa shape index (κ3) is 3.74. The average molecular weight is 413 g/mol. The summed E-state index contributed by atoms with van der Waals surface area (Å²) in [5, 5.41) is 0. The van der Waals surface area contributed by atoms with Gasteiger partial charge in [0.25, 0.3) is 0 Å². The highest BCUT2D eigenvalue weighted by atomic mass is 16.7. The predicted octanol–water partition coefficient (Wildman–Crippen LogP) is 3.42. The van der Waals surface area contributed by atoms with Gasteiger partial charge < -0.3 is 18.9 Å². The molecule has 7 nitrogen and oxygen atoms in total. The van der Waals surface area contributed by atoms with Crippen LogP contribution in [0, 0.1) is 11.3 Å². The highest BCUT2D eigenvalue weighted by molar-refractivity contribution is 6.09. The lowest BCUT2D eigenvalue weighted by Gasteiger charge is -2.39. The standard InChI is InChI=1S/C23H27NO6/c1-13-19(22(26)28-8-7-27-4)20(14-5-6-17-18(9-14)30-12-29-17)21-15(24-13)10-23(2,3)11-16(21)25/h5-6,9,19-20H,7-8,10-12H2,1-4H3/t19?,20-/m1/s1. The summed E-state index contributed by atoms with van der Waals surface area (Å²) in [5.74, 6) is -0.235. The zero-order chi connectivity index (χ0) is 21.5. The number of aliphatic imine (C=N–C) groups is 1. The zero-order valence-corrected chi connectivity index (χ0v) is 17.8. The molecule has 1 aromatic rings. The number of carbonyl (C=O) groups is 2. The number of methoxy groups -OCH3 is 1. The lowest BCUT2D eigenvalue weighted by molar-refractivity contribution is -0.147. The van der Waals surface area contributed by atoms with E-state index in [1.54, 1.807) is 7.11 Å². The topological polar surface area (TPSA) is 83.4 Å². The van der Waals surface area contributed by atoms with E-state index >= 15 is 0 Å². The smallest absolute Gasteiger partial charge is 0.315 e. The largest absolute Gasteiger partial charge is 0.463 e. The van der Waals surface area contributed by atoms with E-state index < -0.39 is 17.8 Å². The first-order valence-electron chi connectivity index (χ1n) is 10.2. The van der Waals surface area contributed by atoms with Crippen LogP contribution in [0.5, 0.6) is 11.5 Å². The van der Waals surface area contributed by atoms with Gasteiger partial charge >= 0.3 is 5.97 Å². The van der Waals surface area contributed by atoms with E-state index in [9.17, 15) is 9.59 Å². The van der Waals surface area contributed by atoms with Crippen molar-refractivity contribution in [2.75, 3.05) is 27.1 Å². The molecule has 1 aromatic carbocycles. The Morgan fingerprint density at radius 2 is 1.97 bits per heavy atom. The second-order valence-corrected chi connectivity index (χ2v) is 8.78. The minimum Gasteiger partial charge on any atom is -0.463 e. The van der Waals surface area contributed by atoms with E-state index in [1.165, 1.54) is 0 Å². The van der Waals surface area contributed by atoms with Gasteiger partial charge in [-0.2, -0.15) is 0 Å². The van der Waals surface area contributed by atoms with Crippen LogP contribution in [0.25, 0.3) is 0 Å². The van der Waals surface area contributed by atoms with Crippen LogP contribution in [0.15, 0.2) is 34.5 Å². The molecular weight excluding hydrogens is 386 g/mol. The number of hydrogen-bond donors (Lipinski definition) is 0. The summed E-state index contributed by atoms with van der Waals surface area (Å²) in [6, 6.07) is 5.58. The Bertz CT molecular complexity index is 945. The molecule has 7 heteroatoms. The van der Waals surface area contributed by atoms with Crippen molar-refractivity contribution in [3.8, 4) is 11.5 Å². The highest BCUT2D eigenvalue weighted by Crippen LogP contribution is 2.49. The van der Waals surface area contributed by atoms with Crippen molar-refractivity contribution < 1.29 is 28.5 Å². The number of benzene rings is 1. The van der Waals surface area contributed by atoms with Gasteiger partial charge in [0.05, 0.1) is 6.61 Å². The minimum atomic E-state index is -0.675. The number of allylic oxidation sites excluding steroid dienone is 2. The maximum Gasteiger partial charge on any atom is 0.315 e. The Hall–Kier alpha value is -2.67. The van der Waals surface area contributed by atoms with Gasteiger partial charge in [-0.1, -0.05) is 19.9 Å². The van der Waals surface area contributed by atoms with Gasteiger partial charge in [0, 0.05) is 36.4 Å². The summed E-state index contributed by atoms with van der Waals surface area (Å²) >= 11 is 0. The molecule has 2 aliphatic heterocycles. The molecule has 0 saturated carbocycles. The van der Waals surface area contributed by atoms with Gasteiger partial charge in [0.2, 0.25) is 6.79 Å². The summed E-state index contributed by atoms with van der Waals surface area (Å²) in [6.45, 7) is 6.59. The second kappa shape index (κ2) is 7.87. The summed E-state index contributed by atoms with van der Waals surface area (Å²) in [6.07, 6.45) is 1.12. The first kappa shape index (κ1) is 20.6. The number of fused-ring (bicyclic) bond motifs is 1. The first-order valence-corrected chi connectivity index (χ1v) is 10.2. The number of hydrogen-bond acceptors (Lipinski definition) is 7. The van der Waals surface area contributed by atoms with Crippen LogP contribution >= 0.6 is 0 Å². The first-order chi connectivity index (χ1) is 14.3. The number of rotatable bonds is 5. The van der Waals surface area contributed by atoms with Crippen LogP contribution in [-0.4, -0.2) is 44.6 Å². The van der Waals surface area contributed by atoms with E-state index in [4.69, 9.17) is 23.9 Å². The van der Waals surface area contributed by atoms with Crippen molar-refractivity contribution in [1.82, 2.24) is 0 Å². The molecule has 30 heavy (non-hydrogen) atoms. The number of ether oxygens (including phenoxy) is 4. The fourth-order valence-corrected chi connectivity index (χ4v) is 4.53. The number of esters is 1. The average Bonchev–Trinajstić information content (AvgIpc) is 3.13. The summed E-state index contributed by atoms with van der Waals surface area (Å²) in [5.41, 5.74) is 2.71. The third-order valence-electron chi connectivity index (χ3n) is 5.84. The maximum atomic E-state index is 13.2. The minimum absolute atomic E-state index is 0.0369. The molecular formula is C23H27NO6. The van der Waals surface area contributed by atoms with Gasteiger partial charge in [-0.05, 0) is 36.5 Å². The maximum absolute atomic E-state index is 13.2. The van der Waals surface area contributed by atoms with Crippen LogP contribution in [0.4, 0.5) is 0 Å². The molecule has 0 radical (unpaired) electrons. The van der Waals surface area contributed by atoms with E-state index in [2.05, 4.69) is 13.8 Å². The number of nitrogens with zero attached hydrogens (tertiary/aromatic N) is 1. The van der Waals surface area contributed by atoms with Crippen molar-refractivity contribution in [3.05, 3.63) is 35.0 Å². The van der Waals surface area contributed by atoms with Crippen LogP contribution in [0.2, 0.25) is 0 Å². The molecule has 2 atom stereocenters. The normalized spacial score (nSPS) is 24.4. The predicted molar refractivity (Wildman–Crippen MR) is 110 cm³/mol. The number of ketones is 1.